The van der Waals surface area contributed by atoms with Gasteiger partial charge in [-0.05, 0) is 6.07 Å². The van der Waals surface area contributed by atoms with E-state index >= 15 is 0 Å². The summed E-state index contributed by atoms with van der Waals surface area (Å²) in [5.41, 5.74) is 1.88. The number of piperazine rings is 1. The van der Waals surface area contributed by atoms with Crippen molar-refractivity contribution in [1.82, 2.24) is 19.9 Å². The van der Waals surface area contributed by atoms with E-state index in [1.807, 2.05) is 17.0 Å². The third-order valence-corrected chi connectivity index (χ3v) is 3.47. The van der Waals surface area contributed by atoms with Gasteiger partial charge in [0.25, 0.3) is 0 Å². The van der Waals surface area contributed by atoms with Gasteiger partial charge in [-0.3, -0.25) is 4.98 Å². The monoisotopic (exact) mass is 285 g/mol. The molecule has 1 fully saturated rings. The van der Waals surface area contributed by atoms with E-state index in [1.54, 1.807) is 24.8 Å². The predicted octanol–water partition coefficient (Wildman–Crippen LogP) is 1.34. The smallest absolute Gasteiger partial charge is 0.407 e. The summed E-state index contributed by atoms with van der Waals surface area (Å²) in [6, 6.07) is 3.82. The lowest BCUT2D eigenvalue weighted by Gasteiger charge is -2.33. The first-order chi connectivity index (χ1) is 10.2. The fourth-order valence-electron chi connectivity index (χ4n) is 2.26. The van der Waals surface area contributed by atoms with Gasteiger partial charge in [-0.25, -0.2) is 14.8 Å². The number of carbonyl (C=O) groups is 1. The van der Waals surface area contributed by atoms with Crippen LogP contribution in [-0.4, -0.2) is 57.2 Å². The number of carboxylic acid groups (broad SMARTS) is 1. The molecule has 0 radical (unpaired) electrons. The Morgan fingerprint density at radius 2 is 1.76 bits per heavy atom. The first-order valence-corrected chi connectivity index (χ1v) is 6.69. The van der Waals surface area contributed by atoms with Crippen LogP contribution in [0.3, 0.4) is 0 Å². The third-order valence-electron chi connectivity index (χ3n) is 3.47. The molecule has 7 heteroatoms. The molecule has 2 aromatic heterocycles. The van der Waals surface area contributed by atoms with Crippen LogP contribution in [0.15, 0.2) is 36.9 Å². The van der Waals surface area contributed by atoms with E-state index in [9.17, 15) is 4.79 Å². The Balaban J connectivity index is 1.69. The summed E-state index contributed by atoms with van der Waals surface area (Å²) in [5.74, 6) is 0.632. The maximum atomic E-state index is 10.9. The zero-order chi connectivity index (χ0) is 14.7. The zero-order valence-corrected chi connectivity index (χ0v) is 11.4. The lowest BCUT2D eigenvalue weighted by atomic mass is 10.2. The summed E-state index contributed by atoms with van der Waals surface area (Å²) in [4.78, 5) is 27.1. The van der Waals surface area contributed by atoms with Gasteiger partial charge in [-0.1, -0.05) is 6.07 Å². The molecule has 0 atom stereocenters. The second-order valence-corrected chi connectivity index (χ2v) is 4.77. The van der Waals surface area contributed by atoms with Crippen molar-refractivity contribution >= 4 is 12.0 Å². The van der Waals surface area contributed by atoms with Crippen molar-refractivity contribution in [3.8, 4) is 11.1 Å². The number of anilines is 1. The Labute approximate surface area is 121 Å². The third kappa shape index (κ3) is 2.91. The minimum Gasteiger partial charge on any atom is -0.465 e. The Morgan fingerprint density at radius 3 is 2.33 bits per heavy atom. The van der Waals surface area contributed by atoms with Crippen LogP contribution in [-0.2, 0) is 0 Å². The van der Waals surface area contributed by atoms with E-state index in [0.29, 0.717) is 32.1 Å². The van der Waals surface area contributed by atoms with Gasteiger partial charge in [0, 0.05) is 62.1 Å². The largest absolute Gasteiger partial charge is 0.465 e. The molecule has 2 aromatic rings. The molecule has 1 aliphatic rings. The molecule has 0 spiro atoms. The molecule has 1 saturated heterocycles. The summed E-state index contributed by atoms with van der Waals surface area (Å²) in [6.45, 7) is 2.17. The van der Waals surface area contributed by atoms with Crippen LogP contribution in [0.25, 0.3) is 11.1 Å². The maximum absolute atomic E-state index is 10.9. The van der Waals surface area contributed by atoms with E-state index < -0.39 is 6.09 Å². The van der Waals surface area contributed by atoms with Crippen molar-refractivity contribution in [2.45, 2.75) is 0 Å². The standard InChI is InChI=1S/C14H15N5O2/c20-14(21)19-6-4-18(5-7-19)13-16-9-12(10-17-13)11-2-1-3-15-8-11/h1-3,8-10H,4-7H2,(H,20,21). The van der Waals surface area contributed by atoms with Gasteiger partial charge in [0.15, 0.2) is 0 Å². The van der Waals surface area contributed by atoms with Gasteiger partial charge in [0.05, 0.1) is 0 Å². The van der Waals surface area contributed by atoms with Crippen LogP contribution >= 0.6 is 0 Å². The first kappa shape index (κ1) is 13.3. The Morgan fingerprint density at radius 1 is 1.05 bits per heavy atom. The Hall–Kier alpha value is -2.70. The number of hydrogen-bond acceptors (Lipinski definition) is 5. The fourth-order valence-corrected chi connectivity index (χ4v) is 2.26. The summed E-state index contributed by atoms with van der Waals surface area (Å²) in [6.07, 6.45) is 6.15. The second-order valence-electron chi connectivity index (χ2n) is 4.77. The fraction of sp³-hybridized carbons (Fsp3) is 0.286. The molecule has 7 nitrogen and oxygen atoms in total. The molecule has 1 amide bonds. The molecule has 0 saturated carbocycles. The van der Waals surface area contributed by atoms with Crippen molar-refractivity contribution in [3.05, 3.63) is 36.9 Å². The summed E-state index contributed by atoms with van der Waals surface area (Å²) >= 11 is 0. The van der Waals surface area contributed by atoms with Crippen LogP contribution in [0, 0.1) is 0 Å². The van der Waals surface area contributed by atoms with E-state index in [0.717, 1.165) is 11.1 Å². The SMILES string of the molecule is O=C(O)N1CCN(c2ncc(-c3cccnc3)cn2)CC1. The van der Waals surface area contributed by atoms with Gasteiger partial charge in [0.1, 0.15) is 0 Å². The molecule has 0 aromatic carbocycles. The van der Waals surface area contributed by atoms with Crippen LogP contribution in [0.1, 0.15) is 0 Å². The van der Waals surface area contributed by atoms with E-state index in [-0.39, 0.29) is 0 Å². The quantitative estimate of drug-likeness (QED) is 0.896. The number of hydrogen-bond donors (Lipinski definition) is 1. The van der Waals surface area contributed by atoms with Crippen molar-refractivity contribution < 1.29 is 9.90 Å². The lowest BCUT2D eigenvalue weighted by molar-refractivity contribution is 0.142. The Kier molecular flexibility index (Phi) is 3.63. The highest BCUT2D eigenvalue weighted by molar-refractivity contribution is 5.65. The average molecular weight is 285 g/mol. The maximum Gasteiger partial charge on any atom is 0.407 e. The molecule has 1 N–H and O–H groups in total. The highest BCUT2D eigenvalue weighted by atomic mass is 16.4. The van der Waals surface area contributed by atoms with Crippen LogP contribution in [0.4, 0.5) is 10.7 Å². The molecule has 21 heavy (non-hydrogen) atoms. The van der Waals surface area contributed by atoms with E-state index in [2.05, 4.69) is 15.0 Å². The van der Waals surface area contributed by atoms with E-state index in [1.165, 1.54) is 4.90 Å². The molecule has 3 heterocycles. The molecule has 0 bridgehead atoms. The minimum absolute atomic E-state index is 0.475. The second kappa shape index (κ2) is 5.74. The number of pyridine rings is 1. The molecular formula is C14H15N5O2. The molecule has 0 aliphatic carbocycles. The zero-order valence-electron chi connectivity index (χ0n) is 11.4. The van der Waals surface area contributed by atoms with Gasteiger partial charge in [-0.2, -0.15) is 0 Å². The predicted molar refractivity (Wildman–Crippen MR) is 77.1 cm³/mol. The number of amides is 1. The van der Waals surface area contributed by atoms with Gasteiger partial charge in [0.2, 0.25) is 5.95 Å². The Bertz CT molecular complexity index is 609. The van der Waals surface area contributed by atoms with Crippen molar-refractivity contribution in [3.63, 3.8) is 0 Å². The topological polar surface area (TPSA) is 82.5 Å². The highest BCUT2D eigenvalue weighted by Gasteiger charge is 2.21. The van der Waals surface area contributed by atoms with Crippen molar-refractivity contribution in [2.75, 3.05) is 31.1 Å². The normalized spacial score (nSPS) is 15.0. The number of aromatic nitrogens is 3. The first-order valence-electron chi connectivity index (χ1n) is 6.69. The highest BCUT2D eigenvalue weighted by Crippen LogP contribution is 2.18. The average Bonchev–Trinajstić information content (AvgIpc) is 2.56. The number of rotatable bonds is 2. The summed E-state index contributed by atoms with van der Waals surface area (Å²) < 4.78 is 0. The number of nitrogens with zero attached hydrogens (tertiary/aromatic N) is 5. The van der Waals surface area contributed by atoms with Gasteiger partial charge in [-0.15, -0.1) is 0 Å². The van der Waals surface area contributed by atoms with Crippen molar-refractivity contribution in [1.29, 1.82) is 0 Å². The van der Waals surface area contributed by atoms with E-state index in [4.69, 9.17) is 5.11 Å². The summed E-state index contributed by atoms with van der Waals surface area (Å²) in [5, 5.41) is 8.93. The lowest BCUT2D eigenvalue weighted by Crippen LogP contribution is -2.48. The molecule has 1 aliphatic heterocycles. The van der Waals surface area contributed by atoms with Crippen molar-refractivity contribution in [2.24, 2.45) is 0 Å². The molecule has 3 rings (SSSR count). The van der Waals surface area contributed by atoms with Crippen LogP contribution in [0.5, 0.6) is 0 Å². The van der Waals surface area contributed by atoms with Gasteiger partial charge < -0.3 is 14.9 Å². The molecular weight excluding hydrogens is 270 g/mol. The molecule has 0 unspecified atom stereocenters. The van der Waals surface area contributed by atoms with Crippen LogP contribution in [0.2, 0.25) is 0 Å². The van der Waals surface area contributed by atoms with Crippen LogP contribution < -0.4 is 4.90 Å². The molecule has 108 valence electrons. The van der Waals surface area contributed by atoms with Gasteiger partial charge >= 0.3 is 6.09 Å². The minimum atomic E-state index is -0.873. The summed E-state index contributed by atoms with van der Waals surface area (Å²) in [7, 11) is 0.